The fraction of sp³-hybridized carbons (Fsp3) is 0.250. The Morgan fingerprint density at radius 2 is 2.32 bits per heavy atom. The lowest BCUT2D eigenvalue weighted by molar-refractivity contribution is -0.133. The normalized spacial score (nSPS) is 10.4. The molecule has 0 aliphatic carbocycles. The second-order valence-corrected chi connectivity index (χ2v) is 4.78. The summed E-state index contributed by atoms with van der Waals surface area (Å²) in [6.07, 6.45) is 0. The summed E-state index contributed by atoms with van der Waals surface area (Å²) in [5.41, 5.74) is 1.88. The van der Waals surface area contributed by atoms with Gasteiger partial charge in [0.15, 0.2) is 5.82 Å². The SMILES string of the molecule is COc1ccc(-c2nc(SCC(=O)O)n[nH]2)cc1C. The van der Waals surface area contributed by atoms with E-state index in [2.05, 4.69) is 15.2 Å². The fourth-order valence-electron chi connectivity index (χ4n) is 1.59. The van der Waals surface area contributed by atoms with Gasteiger partial charge in [-0.15, -0.1) is 5.10 Å². The quantitative estimate of drug-likeness (QED) is 0.813. The number of carboxylic acids is 1. The smallest absolute Gasteiger partial charge is 0.313 e. The van der Waals surface area contributed by atoms with E-state index < -0.39 is 5.97 Å². The summed E-state index contributed by atoms with van der Waals surface area (Å²) >= 11 is 1.08. The Hall–Kier alpha value is -2.02. The van der Waals surface area contributed by atoms with E-state index in [0.717, 1.165) is 28.6 Å². The number of aliphatic carboxylic acids is 1. The van der Waals surface area contributed by atoms with Gasteiger partial charge in [0.05, 0.1) is 12.9 Å². The third-order valence-corrected chi connectivity index (χ3v) is 3.29. The highest BCUT2D eigenvalue weighted by Gasteiger charge is 2.09. The van der Waals surface area contributed by atoms with Crippen LogP contribution < -0.4 is 4.74 Å². The number of thioether (sulfide) groups is 1. The van der Waals surface area contributed by atoms with Gasteiger partial charge in [-0.1, -0.05) is 11.8 Å². The number of hydrogen-bond donors (Lipinski definition) is 2. The van der Waals surface area contributed by atoms with E-state index in [1.54, 1.807) is 7.11 Å². The van der Waals surface area contributed by atoms with Crippen molar-refractivity contribution in [2.75, 3.05) is 12.9 Å². The first-order valence-corrected chi connectivity index (χ1v) is 6.50. The number of aromatic nitrogens is 3. The third-order valence-electron chi connectivity index (χ3n) is 2.46. The van der Waals surface area contributed by atoms with Crippen molar-refractivity contribution in [1.29, 1.82) is 0 Å². The molecular weight excluding hydrogens is 266 g/mol. The van der Waals surface area contributed by atoms with Gasteiger partial charge >= 0.3 is 5.97 Å². The third kappa shape index (κ3) is 3.25. The van der Waals surface area contributed by atoms with Gasteiger partial charge in [-0.05, 0) is 30.7 Å². The average molecular weight is 279 g/mol. The van der Waals surface area contributed by atoms with Crippen LogP contribution in [0.15, 0.2) is 23.4 Å². The number of carboxylic acid groups (broad SMARTS) is 1. The standard InChI is InChI=1S/C12H13N3O3S/c1-7-5-8(3-4-9(7)18-2)11-13-12(15-14-11)19-6-10(16)17/h3-5H,6H2,1-2H3,(H,16,17)(H,13,14,15). The van der Waals surface area contributed by atoms with Gasteiger partial charge in [0.2, 0.25) is 5.16 Å². The van der Waals surface area contributed by atoms with Crippen LogP contribution >= 0.6 is 11.8 Å². The second kappa shape index (κ2) is 5.75. The number of methoxy groups -OCH3 is 1. The topological polar surface area (TPSA) is 88.1 Å². The van der Waals surface area contributed by atoms with E-state index in [1.807, 2.05) is 25.1 Å². The molecule has 6 nitrogen and oxygen atoms in total. The van der Waals surface area contributed by atoms with E-state index in [-0.39, 0.29) is 5.75 Å². The van der Waals surface area contributed by atoms with Crippen LogP contribution in [0.2, 0.25) is 0 Å². The number of H-pyrrole nitrogens is 1. The van der Waals surface area contributed by atoms with Crippen LogP contribution in [0.25, 0.3) is 11.4 Å². The highest BCUT2D eigenvalue weighted by molar-refractivity contribution is 7.99. The molecule has 100 valence electrons. The summed E-state index contributed by atoms with van der Waals surface area (Å²) < 4.78 is 5.19. The predicted octanol–water partition coefficient (Wildman–Crippen LogP) is 1.97. The molecule has 0 radical (unpaired) electrons. The summed E-state index contributed by atoms with van der Waals surface area (Å²) in [4.78, 5) is 14.7. The summed E-state index contributed by atoms with van der Waals surface area (Å²) in [5.74, 6) is 0.470. The Morgan fingerprint density at radius 3 is 2.95 bits per heavy atom. The number of nitrogens with zero attached hydrogens (tertiary/aromatic N) is 2. The minimum Gasteiger partial charge on any atom is -0.496 e. The molecule has 0 unspecified atom stereocenters. The van der Waals surface area contributed by atoms with Gasteiger partial charge in [-0.2, -0.15) is 0 Å². The number of aromatic amines is 1. The van der Waals surface area contributed by atoms with Crippen molar-refractivity contribution in [1.82, 2.24) is 15.2 Å². The molecule has 7 heteroatoms. The molecule has 0 bridgehead atoms. The number of carbonyl (C=O) groups is 1. The Kier molecular flexibility index (Phi) is 4.06. The molecule has 1 aromatic carbocycles. The van der Waals surface area contributed by atoms with E-state index in [9.17, 15) is 4.79 Å². The molecule has 2 aromatic rings. The molecule has 0 atom stereocenters. The molecule has 0 fully saturated rings. The van der Waals surface area contributed by atoms with Crippen molar-refractivity contribution in [2.45, 2.75) is 12.1 Å². The van der Waals surface area contributed by atoms with Crippen LogP contribution in [0, 0.1) is 6.92 Å². The van der Waals surface area contributed by atoms with Crippen molar-refractivity contribution in [3.05, 3.63) is 23.8 Å². The first kappa shape index (κ1) is 13.4. The Labute approximate surface area is 114 Å². The van der Waals surface area contributed by atoms with Gasteiger partial charge in [0.1, 0.15) is 5.75 Å². The highest BCUT2D eigenvalue weighted by atomic mass is 32.2. The van der Waals surface area contributed by atoms with Gasteiger partial charge in [-0.25, -0.2) is 4.98 Å². The highest BCUT2D eigenvalue weighted by Crippen LogP contribution is 2.25. The largest absolute Gasteiger partial charge is 0.496 e. The molecule has 2 N–H and O–H groups in total. The summed E-state index contributed by atoms with van der Waals surface area (Å²) in [6.45, 7) is 1.94. The van der Waals surface area contributed by atoms with Crippen molar-refractivity contribution >= 4 is 17.7 Å². The molecule has 0 saturated carbocycles. The summed E-state index contributed by atoms with van der Waals surface area (Å²) in [5, 5.41) is 15.8. The molecule has 0 amide bonds. The zero-order valence-corrected chi connectivity index (χ0v) is 11.3. The molecule has 0 aliphatic rings. The molecule has 0 aliphatic heterocycles. The van der Waals surface area contributed by atoms with Crippen LogP contribution in [-0.4, -0.2) is 39.1 Å². The molecule has 0 spiro atoms. The van der Waals surface area contributed by atoms with Crippen LogP contribution in [0.5, 0.6) is 5.75 Å². The zero-order chi connectivity index (χ0) is 13.8. The lowest BCUT2D eigenvalue weighted by atomic mass is 10.1. The monoisotopic (exact) mass is 279 g/mol. The average Bonchev–Trinajstić information content (AvgIpc) is 2.85. The van der Waals surface area contributed by atoms with Gasteiger partial charge in [0, 0.05) is 5.56 Å². The number of benzene rings is 1. The Balaban J connectivity index is 2.18. The predicted molar refractivity (Wildman–Crippen MR) is 71.5 cm³/mol. The van der Waals surface area contributed by atoms with Crippen molar-refractivity contribution in [2.24, 2.45) is 0 Å². The molecular formula is C12H13N3O3S. The number of rotatable bonds is 5. The fourth-order valence-corrected chi connectivity index (χ4v) is 2.11. The second-order valence-electron chi connectivity index (χ2n) is 3.83. The first-order chi connectivity index (χ1) is 9.10. The van der Waals surface area contributed by atoms with E-state index >= 15 is 0 Å². The van der Waals surface area contributed by atoms with Crippen molar-refractivity contribution in [3.63, 3.8) is 0 Å². The number of hydrogen-bond acceptors (Lipinski definition) is 5. The Bertz CT molecular complexity index is 598. The Morgan fingerprint density at radius 1 is 1.53 bits per heavy atom. The maximum atomic E-state index is 10.5. The molecule has 1 heterocycles. The van der Waals surface area contributed by atoms with E-state index in [1.165, 1.54) is 0 Å². The van der Waals surface area contributed by atoms with E-state index in [4.69, 9.17) is 9.84 Å². The number of nitrogens with one attached hydrogen (secondary N) is 1. The molecule has 2 rings (SSSR count). The number of aryl methyl sites for hydroxylation is 1. The summed E-state index contributed by atoms with van der Waals surface area (Å²) in [6, 6.07) is 5.67. The molecule has 0 saturated heterocycles. The van der Waals surface area contributed by atoms with Crippen LogP contribution in [0.3, 0.4) is 0 Å². The van der Waals surface area contributed by atoms with Crippen molar-refractivity contribution in [3.8, 4) is 17.1 Å². The van der Waals surface area contributed by atoms with E-state index in [0.29, 0.717) is 11.0 Å². The first-order valence-electron chi connectivity index (χ1n) is 5.52. The maximum absolute atomic E-state index is 10.5. The van der Waals surface area contributed by atoms with Gasteiger partial charge in [-0.3, -0.25) is 9.89 Å². The van der Waals surface area contributed by atoms with Gasteiger partial charge in [0.25, 0.3) is 0 Å². The summed E-state index contributed by atoms with van der Waals surface area (Å²) in [7, 11) is 1.62. The minimum atomic E-state index is -0.892. The lowest BCUT2D eigenvalue weighted by Gasteiger charge is -2.05. The van der Waals surface area contributed by atoms with Crippen LogP contribution in [0.4, 0.5) is 0 Å². The minimum absolute atomic E-state index is 0.0566. The molecule has 1 aromatic heterocycles. The lowest BCUT2D eigenvalue weighted by Crippen LogP contribution is -1.97. The van der Waals surface area contributed by atoms with Crippen LogP contribution in [-0.2, 0) is 4.79 Å². The van der Waals surface area contributed by atoms with Gasteiger partial charge < -0.3 is 9.84 Å². The van der Waals surface area contributed by atoms with Crippen molar-refractivity contribution < 1.29 is 14.6 Å². The maximum Gasteiger partial charge on any atom is 0.313 e. The number of ether oxygens (including phenoxy) is 1. The van der Waals surface area contributed by atoms with Crippen LogP contribution in [0.1, 0.15) is 5.56 Å². The molecule has 19 heavy (non-hydrogen) atoms. The zero-order valence-electron chi connectivity index (χ0n) is 10.5.